The highest BCUT2D eigenvalue weighted by atomic mass is 31.2. The molecule has 2 aromatic carbocycles. The molecule has 44 heavy (non-hydrogen) atoms. The van der Waals surface area contributed by atoms with Crippen LogP contribution in [0.1, 0.15) is 26.7 Å². The average molecular weight is 639 g/mol. The molecule has 2 unspecified atom stereocenters. The molecule has 0 radical (unpaired) electrons. The van der Waals surface area contributed by atoms with Crippen molar-refractivity contribution < 1.29 is 47.1 Å². The normalized spacial score (nSPS) is 17.1. The van der Waals surface area contributed by atoms with E-state index in [-0.39, 0.29) is 67.1 Å². The van der Waals surface area contributed by atoms with Crippen LogP contribution in [0.2, 0.25) is 0 Å². The van der Waals surface area contributed by atoms with Crippen LogP contribution < -0.4 is 15.2 Å². The third-order valence-corrected chi connectivity index (χ3v) is 8.05. The van der Waals surface area contributed by atoms with Gasteiger partial charge in [-0.2, -0.15) is 0 Å². The van der Waals surface area contributed by atoms with Gasteiger partial charge >= 0.3 is 19.4 Å². The molecule has 3 aromatic rings. The van der Waals surface area contributed by atoms with Crippen molar-refractivity contribution in [2.45, 2.75) is 38.6 Å². The van der Waals surface area contributed by atoms with Crippen LogP contribution in [-0.2, 0) is 23.3 Å². The third kappa shape index (κ3) is 9.06. The molecular weight excluding hydrogens is 607 g/mol. The molecule has 0 aliphatic carbocycles. The summed E-state index contributed by atoms with van der Waals surface area (Å²) in [7, 11) is -3.79. The zero-order chi connectivity index (χ0) is 31.7. The van der Waals surface area contributed by atoms with Crippen molar-refractivity contribution in [3.63, 3.8) is 0 Å². The molecule has 0 saturated carbocycles. The molecule has 4 rings (SSSR count). The lowest BCUT2D eigenvalue weighted by Crippen LogP contribution is -2.27. The van der Waals surface area contributed by atoms with E-state index in [4.69, 9.17) is 23.3 Å². The van der Waals surface area contributed by atoms with Gasteiger partial charge in [0.1, 0.15) is 11.9 Å². The van der Waals surface area contributed by atoms with Crippen molar-refractivity contribution >= 4 is 41.8 Å². The largest absolute Gasteiger partial charge is 0.450 e. The van der Waals surface area contributed by atoms with Crippen LogP contribution >= 0.6 is 7.60 Å². The van der Waals surface area contributed by atoms with E-state index in [1.54, 1.807) is 13.8 Å². The number of amides is 1. The molecule has 18 nitrogen and oxygen atoms in total. The minimum absolute atomic E-state index is 0.0274. The number of alkyl carbamates (subject to hydrolysis) is 1. The fraction of sp³-hybridized carbons (Fsp3) is 0.480. The highest BCUT2D eigenvalue weighted by molar-refractivity contribution is 7.54. The first kappa shape index (κ1) is 32.5. The van der Waals surface area contributed by atoms with E-state index in [1.165, 1.54) is 36.4 Å². The number of carbonyl (C=O) groups excluding carboxylic acids is 1. The fourth-order valence-corrected chi connectivity index (χ4v) is 5.71. The lowest BCUT2D eigenvalue weighted by molar-refractivity contribution is -0.384. The molecule has 19 heteroatoms. The lowest BCUT2D eigenvalue weighted by atomic mass is 10.2. The van der Waals surface area contributed by atoms with Gasteiger partial charge < -0.3 is 29.4 Å². The highest BCUT2D eigenvalue weighted by Crippen LogP contribution is 2.49. The zero-order valence-corrected chi connectivity index (χ0v) is 24.7. The van der Waals surface area contributed by atoms with Gasteiger partial charge in [0.05, 0.1) is 41.5 Å². The Balaban J connectivity index is 1.20. The molecule has 1 fully saturated rings. The highest BCUT2D eigenvalue weighted by Gasteiger charge is 2.35. The van der Waals surface area contributed by atoms with E-state index < -0.39 is 35.4 Å². The maximum absolute atomic E-state index is 13.6. The Kier molecular flexibility index (Phi) is 10.6. The second-order valence-electron chi connectivity index (χ2n) is 9.97. The minimum Gasteiger partial charge on any atom is -0.450 e. The standard InChI is InChI=1S/C25H31N6O12P/c1-25(2)39-15-19(41-25)16-40-44(37,42-18-7-5-17(6-8-18)30(33)34)14-4-13-38-24(32)27-12-3-11-26-20-9-10-21(31(35)36)23-22(20)28-43-29-23/h5-10,19,26H,3-4,11-16H2,1-2H3,(H,27,32). The first-order valence-corrected chi connectivity index (χ1v) is 15.2. The van der Waals surface area contributed by atoms with Crippen molar-refractivity contribution in [1.82, 2.24) is 15.6 Å². The van der Waals surface area contributed by atoms with E-state index in [9.17, 15) is 29.6 Å². The summed E-state index contributed by atoms with van der Waals surface area (Å²) in [5.41, 5.74) is 0.363. The smallest absolute Gasteiger partial charge is 0.407 e. The van der Waals surface area contributed by atoms with E-state index in [2.05, 4.69) is 25.6 Å². The summed E-state index contributed by atoms with van der Waals surface area (Å²) in [4.78, 5) is 33.0. The number of nitrogens with zero attached hydrogens (tertiary/aromatic N) is 4. The maximum atomic E-state index is 13.6. The number of fused-ring (bicyclic) bond motifs is 1. The zero-order valence-electron chi connectivity index (χ0n) is 23.8. The van der Waals surface area contributed by atoms with E-state index in [1.807, 2.05) is 0 Å². The predicted octanol–water partition coefficient (Wildman–Crippen LogP) is 4.40. The van der Waals surface area contributed by atoms with Gasteiger partial charge in [0.15, 0.2) is 11.3 Å². The first-order valence-electron chi connectivity index (χ1n) is 13.5. The number of benzene rings is 2. The van der Waals surface area contributed by atoms with Crippen molar-refractivity contribution in [2.75, 3.05) is 44.4 Å². The molecule has 2 heterocycles. The SMILES string of the molecule is CC1(C)OCC(COP(=O)(CCCOC(=O)NCCCNc2ccc([N+](=O)[O-])c3nonc23)Oc2ccc([N+](=O)[O-])cc2)O1. The average Bonchev–Trinajstić information content (AvgIpc) is 3.61. The van der Waals surface area contributed by atoms with Gasteiger partial charge in [-0.3, -0.25) is 24.8 Å². The predicted molar refractivity (Wildman–Crippen MR) is 153 cm³/mol. The number of ether oxygens (including phenoxy) is 3. The Bertz CT molecular complexity index is 1520. The number of nitrogens with one attached hydrogen (secondary N) is 2. The van der Waals surface area contributed by atoms with Gasteiger partial charge in [0, 0.05) is 31.3 Å². The van der Waals surface area contributed by atoms with Gasteiger partial charge in [0.2, 0.25) is 5.52 Å². The summed E-state index contributed by atoms with van der Waals surface area (Å²) < 4.78 is 45.8. The number of nitro benzene ring substituents is 2. The van der Waals surface area contributed by atoms with Crippen LogP contribution in [0.4, 0.5) is 21.9 Å². The molecule has 0 spiro atoms. The number of carbonyl (C=O) groups is 1. The van der Waals surface area contributed by atoms with Crippen LogP contribution in [0.15, 0.2) is 41.0 Å². The molecule has 2 N–H and O–H groups in total. The van der Waals surface area contributed by atoms with Crippen LogP contribution in [0.25, 0.3) is 11.0 Å². The van der Waals surface area contributed by atoms with Crippen molar-refractivity contribution in [3.8, 4) is 5.75 Å². The number of hydrogen-bond acceptors (Lipinski definition) is 15. The summed E-state index contributed by atoms with van der Waals surface area (Å²) in [5.74, 6) is -0.690. The van der Waals surface area contributed by atoms with Gasteiger partial charge in [-0.15, -0.1) is 0 Å². The Morgan fingerprint density at radius 2 is 1.82 bits per heavy atom. The van der Waals surface area contributed by atoms with Crippen LogP contribution in [0.5, 0.6) is 5.75 Å². The topological polar surface area (TPSA) is 230 Å². The summed E-state index contributed by atoms with van der Waals surface area (Å²) in [6.45, 7) is 4.20. The summed E-state index contributed by atoms with van der Waals surface area (Å²) >= 11 is 0. The molecule has 238 valence electrons. The summed E-state index contributed by atoms with van der Waals surface area (Å²) in [6, 6.07) is 7.86. The number of aromatic nitrogens is 2. The first-order chi connectivity index (χ1) is 20.9. The number of non-ortho nitro benzene ring substituents is 2. The second kappa shape index (κ2) is 14.4. The number of hydrogen-bond donors (Lipinski definition) is 2. The third-order valence-electron chi connectivity index (χ3n) is 6.16. The Labute approximate surface area is 250 Å². The molecule has 2 atom stereocenters. The van der Waals surface area contributed by atoms with E-state index in [0.29, 0.717) is 18.7 Å². The lowest BCUT2D eigenvalue weighted by Gasteiger charge is -2.22. The van der Waals surface area contributed by atoms with Crippen molar-refractivity contribution in [2.24, 2.45) is 0 Å². The monoisotopic (exact) mass is 638 g/mol. The fourth-order valence-electron chi connectivity index (χ4n) is 4.09. The van der Waals surface area contributed by atoms with Crippen molar-refractivity contribution in [1.29, 1.82) is 0 Å². The number of anilines is 1. The summed E-state index contributed by atoms with van der Waals surface area (Å²) in [5, 5.41) is 35.0. The second-order valence-corrected chi connectivity index (χ2v) is 12.1. The molecule has 1 saturated heterocycles. The number of nitro groups is 2. The van der Waals surface area contributed by atoms with Gasteiger partial charge in [-0.25, -0.2) is 14.0 Å². The van der Waals surface area contributed by atoms with Crippen molar-refractivity contribution in [3.05, 3.63) is 56.6 Å². The Morgan fingerprint density at radius 3 is 2.50 bits per heavy atom. The van der Waals surface area contributed by atoms with Crippen LogP contribution in [0.3, 0.4) is 0 Å². The Hall–Kier alpha value is -4.38. The van der Waals surface area contributed by atoms with Crippen LogP contribution in [-0.4, -0.2) is 77.2 Å². The van der Waals surface area contributed by atoms with Gasteiger partial charge in [0.25, 0.3) is 5.69 Å². The molecular formula is C25H31N6O12P. The van der Waals surface area contributed by atoms with E-state index >= 15 is 0 Å². The molecule has 1 aromatic heterocycles. The molecule has 0 bridgehead atoms. The quantitative estimate of drug-likeness (QED) is 0.0958. The molecule has 1 aliphatic heterocycles. The van der Waals surface area contributed by atoms with Gasteiger partial charge in [-0.05, 0) is 55.2 Å². The minimum atomic E-state index is -3.79. The number of rotatable bonds is 16. The van der Waals surface area contributed by atoms with Crippen LogP contribution in [0, 0.1) is 20.2 Å². The maximum Gasteiger partial charge on any atom is 0.407 e. The molecule has 1 aliphatic rings. The summed E-state index contributed by atoms with van der Waals surface area (Å²) in [6.07, 6.45) is -0.661. The van der Waals surface area contributed by atoms with E-state index in [0.717, 1.165) is 0 Å². The van der Waals surface area contributed by atoms with Gasteiger partial charge in [-0.1, -0.05) is 0 Å². The molecule has 1 amide bonds. The Morgan fingerprint density at radius 1 is 1.07 bits per heavy atom.